The number of nitrogens with one attached hydrogen (secondary N) is 3. The molecule has 5 aromatic rings. The minimum atomic E-state index is -1.61. The van der Waals surface area contributed by atoms with Gasteiger partial charge in [0.25, 0.3) is 11.8 Å². The third-order valence-corrected chi connectivity index (χ3v) is 7.17. The van der Waals surface area contributed by atoms with Crippen molar-refractivity contribution in [2.45, 2.75) is 12.1 Å². The van der Waals surface area contributed by atoms with Crippen molar-refractivity contribution >= 4 is 39.8 Å². The Hall–Kier alpha value is -5.12. The van der Waals surface area contributed by atoms with Crippen LogP contribution in [0.2, 0.25) is 0 Å². The number of fused-ring (bicyclic) bond motifs is 3. The zero-order valence-electron chi connectivity index (χ0n) is 20.2. The van der Waals surface area contributed by atoms with Crippen LogP contribution in [0.4, 0.5) is 4.79 Å². The van der Waals surface area contributed by atoms with Gasteiger partial charge in [0.1, 0.15) is 17.0 Å². The molecule has 10 nitrogen and oxygen atoms in total. The number of urea groups is 1. The van der Waals surface area contributed by atoms with Gasteiger partial charge in [-0.25, -0.2) is 9.78 Å². The molecule has 38 heavy (non-hydrogen) atoms. The molecular formula is C28H21N5O5. The third kappa shape index (κ3) is 3.27. The minimum Gasteiger partial charge on any atom is -0.497 e. The Morgan fingerprint density at radius 2 is 1.92 bits per heavy atom. The fraction of sp³-hybridized carbons (Fsp3) is 0.143. The molecule has 2 aliphatic rings. The first-order valence-electron chi connectivity index (χ1n) is 12.0. The summed E-state index contributed by atoms with van der Waals surface area (Å²) in [5.41, 5.74) is 3.21. The highest BCUT2D eigenvalue weighted by atomic mass is 16.5. The number of rotatable bonds is 5. The monoisotopic (exact) mass is 507 g/mol. The maximum Gasteiger partial charge on any atom is 0.322 e. The van der Waals surface area contributed by atoms with E-state index < -0.39 is 17.5 Å². The van der Waals surface area contributed by atoms with Gasteiger partial charge in [0.05, 0.1) is 25.0 Å². The van der Waals surface area contributed by atoms with Gasteiger partial charge >= 0.3 is 6.03 Å². The number of hydrogen-bond acceptors (Lipinski definition) is 6. The number of pyridine rings is 1. The van der Waals surface area contributed by atoms with E-state index in [2.05, 4.69) is 15.6 Å². The summed E-state index contributed by atoms with van der Waals surface area (Å²) in [5, 5.41) is 6.07. The first-order chi connectivity index (χ1) is 18.4. The van der Waals surface area contributed by atoms with E-state index >= 15 is 0 Å². The van der Waals surface area contributed by atoms with Crippen LogP contribution in [0, 0.1) is 0 Å². The average molecular weight is 508 g/mol. The lowest BCUT2D eigenvalue weighted by Gasteiger charge is -2.28. The Morgan fingerprint density at radius 3 is 2.71 bits per heavy atom. The molecule has 1 unspecified atom stereocenters. The van der Waals surface area contributed by atoms with Crippen molar-refractivity contribution < 1.29 is 23.5 Å². The van der Waals surface area contributed by atoms with Crippen molar-refractivity contribution in [3.63, 3.8) is 0 Å². The summed E-state index contributed by atoms with van der Waals surface area (Å²) in [6.07, 6.45) is 0. The lowest BCUT2D eigenvalue weighted by atomic mass is 9.95. The lowest BCUT2D eigenvalue weighted by Crippen LogP contribution is -2.52. The van der Waals surface area contributed by atoms with E-state index in [4.69, 9.17) is 14.1 Å². The highest BCUT2D eigenvalue weighted by Crippen LogP contribution is 2.35. The standard InChI is InChI=1S/C28H21N5O5/c1-37-17-7-6-16-13-33(25(34)18(16)11-17)14-28(26(35)31-27(36)32-28)24-12-22-23(38-24)9-8-20(30-22)21-10-15-4-2-3-5-19(15)29-21/h2-12,29H,13-14H2,1H3,(H2,31,32,35,36). The molecule has 3 N–H and O–H groups in total. The van der Waals surface area contributed by atoms with Crippen molar-refractivity contribution in [3.05, 3.63) is 83.6 Å². The van der Waals surface area contributed by atoms with E-state index in [9.17, 15) is 14.4 Å². The van der Waals surface area contributed by atoms with E-state index in [0.29, 0.717) is 28.1 Å². The maximum atomic E-state index is 13.2. The van der Waals surface area contributed by atoms with Gasteiger partial charge in [-0.15, -0.1) is 0 Å². The molecule has 0 bridgehead atoms. The number of aromatic nitrogens is 2. The Balaban J connectivity index is 1.26. The molecule has 1 fully saturated rings. The molecule has 2 aromatic carbocycles. The van der Waals surface area contributed by atoms with Crippen LogP contribution in [-0.2, 0) is 16.9 Å². The molecule has 4 amide bonds. The number of hydrogen-bond donors (Lipinski definition) is 3. The number of methoxy groups -OCH3 is 1. The first-order valence-corrected chi connectivity index (χ1v) is 12.0. The molecule has 188 valence electrons. The summed E-state index contributed by atoms with van der Waals surface area (Å²) in [6.45, 7) is 0.168. The fourth-order valence-electron chi connectivity index (χ4n) is 5.23. The van der Waals surface area contributed by atoms with Crippen molar-refractivity contribution in [1.82, 2.24) is 25.5 Å². The van der Waals surface area contributed by atoms with Crippen molar-refractivity contribution in [3.8, 4) is 17.1 Å². The molecule has 5 heterocycles. The number of furan rings is 1. The topological polar surface area (TPSA) is 130 Å². The molecule has 0 aliphatic carbocycles. The summed E-state index contributed by atoms with van der Waals surface area (Å²) in [7, 11) is 1.53. The van der Waals surface area contributed by atoms with Crippen LogP contribution in [0.1, 0.15) is 21.7 Å². The smallest absolute Gasteiger partial charge is 0.322 e. The maximum absolute atomic E-state index is 13.2. The van der Waals surface area contributed by atoms with Gasteiger partial charge in [0.2, 0.25) is 0 Å². The van der Waals surface area contributed by atoms with Gasteiger partial charge in [-0.1, -0.05) is 24.3 Å². The molecule has 0 radical (unpaired) electrons. The summed E-state index contributed by atoms with van der Waals surface area (Å²) < 4.78 is 11.3. The summed E-state index contributed by atoms with van der Waals surface area (Å²) in [5.74, 6) is -0.102. The number of amides is 4. The normalized spacial score (nSPS) is 18.8. The minimum absolute atomic E-state index is 0.116. The Labute approximate surface area is 215 Å². The molecule has 2 aliphatic heterocycles. The average Bonchev–Trinajstić information content (AvgIpc) is 3.68. The largest absolute Gasteiger partial charge is 0.497 e. The lowest BCUT2D eigenvalue weighted by molar-refractivity contribution is -0.125. The van der Waals surface area contributed by atoms with E-state index in [0.717, 1.165) is 22.2 Å². The van der Waals surface area contributed by atoms with Crippen LogP contribution in [-0.4, -0.2) is 46.4 Å². The zero-order valence-corrected chi connectivity index (χ0v) is 20.2. The number of nitrogens with zero attached hydrogens (tertiary/aromatic N) is 2. The highest BCUT2D eigenvalue weighted by molar-refractivity contribution is 6.08. The van der Waals surface area contributed by atoms with Crippen LogP contribution < -0.4 is 15.4 Å². The van der Waals surface area contributed by atoms with Gasteiger partial charge in [-0.05, 0) is 42.0 Å². The molecule has 0 saturated carbocycles. The summed E-state index contributed by atoms with van der Waals surface area (Å²) in [4.78, 5) is 48.4. The van der Waals surface area contributed by atoms with Crippen LogP contribution in [0.3, 0.4) is 0 Å². The molecule has 1 saturated heterocycles. The van der Waals surface area contributed by atoms with E-state index in [1.54, 1.807) is 24.3 Å². The van der Waals surface area contributed by atoms with Crippen molar-refractivity contribution in [1.29, 1.82) is 0 Å². The Morgan fingerprint density at radius 1 is 1.05 bits per heavy atom. The second-order valence-electron chi connectivity index (χ2n) is 9.46. The molecular weight excluding hydrogens is 486 g/mol. The second kappa shape index (κ2) is 7.94. The van der Waals surface area contributed by atoms with Gasteiger partial charge in [-0.2, -0.15) is 0 Å². The highest BCUT2D eigenvalue weighted by Gasteiger charge is 2.53. The molecule has 10 heteroatoms. The predicted molar refractivity (Wildman–Crippen MR) is 137 cm³/mol. The van der Waals surface area contributed by atoms with Gasteiger partial charge in [0, 0.05) is 29.1 Å². The third-order valence-electron chi connectivity index (χ3n) is 7.17. The van der Waals surface area contributed by atoms with E-state index in [1.165, 1.54) is 12.0 Å². The second-order valence-corrected chi connectivity index (χ2v) is 9.46. The number of para-hydroxylation sites is 1. The number of imide groups is 1. The molecule has 1 atom stereocenters. The number of carbonyl (C=O) groups excluding carboxylic acids is 3. The Kier molecular flexibility index (Phi) is 4.62. The van der Waals surface area contributed by atoms with E-state index in [1.807, 2.05) is 42.5 Å². The van der Waals surface area contributed by atoms with Gasteiger partial charge in [-0.3, -0.25) is 14.9 Å². The van der Waals surface area contributed by atoms with Crippen LogP contribution in [0.25, 0.3) is 33.4 Å². The molecule has 0 spiro atoms. The quantitative estimate of drug-likeness (QED) is 0.311. The SMILES string of the molecule is COc1ccc2c(c1)C(=O)N(CC1(c3cc4nc(-c5cc6ccccc6[nH]5)ccc4o3)NC(=O)NC1=O)C2. The van der Waals surface area contributed by atoms with E-state index in [-0.39, 0.29) is 24.8 Å². The van der Waals surface area contributed by atoms with Gasteiger partial charge in [0.15, 0.2) is 11.1 Å². The fourth-order valence-corrected chi connectivity index (χ4v) is 5.23. The molecule has 7 rings (SSSR count). The summed E-state index contributed by atoms with van der Waals surface area (Å²) in [6, 6.07) is 19.8. The predicted octanol–water partition coefficient (Wildman–Crippen LogP) is 3.68. The van der Waals surface area contributed by atoms with Gasteiger partial charge < -0.3 is 24.4 Å². The van der Waals surface area contributed by atoms with Crippen molar-refractivity contribution in [2.75, 3.05) is 13.7 Å². The number of H-pyrrole nitrogens is 1. The number of carbonyl (C=O) groups is 3. The van der Waals surface area contributed by atoms with Crippen LogP contribution >= 0.6 is 0 Å². The van der Waals surface area contributed by atoms with Crippen LogP contribution in [0.15, 0.2) is 71.1 Å². The molecule has 3 aromatic heterocycles. The number of ether oxygens (including phenoxy) is 1. The van der Waals surface area contributed by atoms with Crippen LogP contribution in [0.5, 0.6) is 5.75 Å². The first kappa shape index (κ1) is 22.1. The summed E-state index contributed by atoms with van der Waals surface area (Å²) >= 11 is 0. The number of aromatic amines is 1. The Bertz CT molecular complexity index is 1770. The van der Waals surface area contributed by atoms with Crippen molar-refractivity contribution in [2.24, 2.45) is 0 Å². The zero-order chi connectivity index (χ0) is 26.0. The number of benzene rings is 2.